The zero-order valence-electron chi connectivity index (χ0n) is 9.97. The number of amides is 1. The lowest BCUT2D eigenvalue weighted by Gasteiger charge is -2.12. The van der Waals surface area contributed by atoms with E-state index in [1.165, 1.54) is 15.2 Å². The third-order valence-electron chi connectivity index (χ3n) is 2.83. The molecule has 6 heteroatoms. The molecule has 0 aliphatic carbocycles. The number of carbonyl (C=O) groups excluding carboxylic acids is 2. The average molecular weight is 247 g/mol. The van der Waals surface area contributed by atoms with Gasteiger partial charge in [-0.2, -0.15) is 0 Å². The molecular weight excluding hydrogens is 234 g/mol. The van der Waals surface area contributed by atoms with Gasteiger partial charge in [0.2, 0.25) is 5.91 Å². The van der Waals surface area contributed by atoms with Crippen LogP contribution < -0.4 is 21.7 Å². The Kier molecular flexibility index (Phi) is 3.01. The van der Waals surface area contributed by atoms with Gasteiger partial charge < -0.3 is 10.1 Å². The van der Waals surface area contributed by atoms with E-state index >= 15 is 0 Å². The van der Waals surface area contributed by atoms with E-state index in [4.69, 9.17) is 0 Å². The maximum absolute atomic E-state index is 12.1. The Morgan fingerprint density at radius 2 is 2.17 bits per heavy atom. The zero-order valence-corrected chi connectivity index (χ0v) is 9.97. The largest absolute Gasteiger partial charge is 0.330 e. The van der Waals surface area contributed by atoms with Crippen molar-refractivity contribution >= 4 is 24.0 Å². The summed E-state index contributed by atoms with van der Waals surface area (Å²) < 4.78 is 2.70. The maximum Gasteiger partial charge on any atom is 0.330 e. The van der Waals surface area contributed by atoms with Crippen LogP contribution in [0.25, 0.3) is 11.8 Å². The third-order valence-corrected chi connectivity index (χ3v) is 2.83. The number of imidazole rings is 1. The summed E-state index contributed by atoms with van der Waals surface area (Å²) >= 11 is 0. The fourth-order valence-corrected chi connectivity index (χ4v) is 2.12. The first kappa shape index (κ1) is 12.1. The van der Waals surface area contributed by atoms with Crippen molar-refractivity contribution in [3.8, 4) is 0 Å². The van der Waals surface area contributed by atoms with Crippen molar-refractivity contribution in [3.05, 3.63) is 33.8 Å². The molecular formula is C12H13N3O3. The Morgan fingerprint density at radius 1 is 1.44 bits per heavy atom. The highest BCUT2D eigenvalue weighted by atomic mass is 16.2. The minimum absolute atomic E-state index is 0.0306. The Balaban J connectivity index is 2.98. The third kappa shape index (κ3) is 1.62. The van der Waals surface area contributed by atoms with Crippen molar-refractivity contribution in [3.63, 3.8) is 0 Å². The van der Waals surface area contributed by atoms with Gasteiger partial charge in [-0.05, 0) is 13.0 Å². The highest BCUT2D eigenvalue weighted by Gasteiger charge is 2.19. The van der Waals surface area contributed by atoms with Crippen LogP contribution in [0.5, 0.6) is 0 Å². The van der Waals surface area contributed by atoms with E-state index in [-0.39, 0.29) is 24.7 Å². The number of nitrogens with zero attached hydrogens (tertiary/aromatic N) is 2. The van der Waals surface area contributed by atoms with Crippen LogP contribution in [0.2, 0.25) is 0 Å². The molecule has 94 valence electrons. The quantitative estimate of drug-likeness (QED) is 0.632. The standard InChI is InChI=1S/C12H13N3O3/c1-3-8-11-9(4-2)14(5-6-16)12(18)15(11)7-10(17)13-8/h3-4,6H,1,5,7H2,2H3,(H,13,17)/b9-4+. The molecule has 1 amide bonds. The number of aromatic nitrogens is 2. The minimum Gasteiger partial charge on any atom is -0.323 e. The zero-order chi connectivity index (χ0) is 13.3. The number of hydrogen-bond donors (Lipinski definition) is 1. The second-order valence-electron chi connectivity index (χ2n) is 3.83. The molecule has 1 aliphatic heterocycles. The van der Waals surface area contributed by atoms with Crippen LogP contribution >= 0.6 is 0 Å². The summed E-state index contributed by atoms with van der Waals surface area (Å²) in [6.07, 6.45) is 3.88. The van der Waals surface area contributed by atoms with Crippen LogP contribution in [0.3, 0.4) is 0 Å². The summed E-state index contributed by atoms with van der Waals surface area (Å²) in [5.41, 5.74) is 0.125. The first-order valence-corrected chi connectivity index (χ1v) is 5.50. The van der Waals surface area contributed by atoms with Crippen LogP contribution in [0.4, 0.5) is 0 Å². The van der Waals surface area contributed by atoms with Gasteiger partial charge in [0.1, 0.15) is 12.8 Å². The van der Waals surface area contributed by atoms with Crippen LogP contribution in [0.1, 0.15) is 6.92 Å². The van der Waals surface area contributed by atoms with Gasteiger partial charge in [-0.15, -0.1) is 0 Å². The maximum atomic E-state index is 12.1. The van der Waals surface area contributed by atoms with Crippen molar-refractivity contribution in [2.24, 2.45) is 0 Å². The summed E-state index contributed by atoms with van der Waals surface area (Å²) in [5.74, 6) is -0.273. The molecule has 0 radical (unpaired) electrons. The molecule has 0 bridgehead atoms. The number of carbonyl (C=O) groups is 2. The first-order valence-electron chi connectivity index (χ1n) is 5.50. The SMILES string of the molecule is C=CC1=c2/c(=C\C)n(CC=O)c(=O)n2CC(=O)N1. The molecule has 18 heavy (non-hydrogen) atoms. The second kappa shape index (κ2) is 4.48. The lowest BCUT2D eigenvalue weighted by Crippen LogP contribution is -2.47. The van der Waals surface area contributed by atoms with Crippen LogP contribution in [0.15, 0.2) is 17.4 Å². The topological polar surface area (TPSA) is 73.1 Å². The molecule has 0 spiro atoms. The molecule has 0 fully saturated rings. The Morgan fingerprint density at radius 3 is 2.72 bits per heavy atom. The normalized spacial score (nSPS) is 15.3. The van der Waals surface area contributed by atoms with Gasteiger partial charge in [-0.1, -0.05) is 12.7 Å². The summed E-state index contributed by atoms with van der Waals surface area (Å²) in [7, 11) is 0. The van der Waals surface area contributed by atoms with Gasteiger partial charge in [0, 0.05) is 0 Å². The minimum atomic E-state index is -0.362. The van der Waals surface area contributed by atoms with Crippen LogP contribution in [-0.4, -0.2) is 21.3 Å². The molecule has 1 aromatic heterocycles. The van der Waals surface area contributed by atoms with Gasteiger partial charge in [0.25, 0.3) is 0 Å². The molecule has 1 aromatic rings. The second-order valence-corrected chi connectivity index (χ2v) is 3.83. The van der Waals surface area contributed by atoms with E-state index in [1.54, 1.807) is 13.0 Å². The lowest BCUT2D eigenvalue weighted by atomic mass is 10.3. The molecule has 0 aromatic carbocycles. The summed E-state index contributed by atoms with van der Waals surface area (Å²) in [6, 6.07) is 0. The fraction of sp³-hybridized carbons (Fsp3) is 0.250. The predicted molar refractivity (Wildman–Crippen MR) is 65.9 cm³/mol. The number of hydrogen-bond acceptors (Lipinski definition) is 3. The lowest BCUT2D eigenvalue weighted by molar-refractivity contribution is -0.120. The van der Waals surface area contributed by atoms with E-state index in [9.17, 15) is 14.4 Å². The average Bonchev–Trinajstić information content (AvgIpc) is 2.63. The Labute approximate surface area is 103 Å². The highest BCUT2D eigenvalue weighted by Crippen LogP contribution is 1.93. The number of aldehydes is 1. The van der Waals surface area contributed by atoms with Gasteiger partial charge >= 0.3 is 5.69 Å². The van der Waals surface area contributed by atoms with E-state index in [0.29, 0.717) is 22.7 Å². The smallest absolute Gasteiger partial charge is 0.323 e. The first-order chi connectivity index (χ1) is 8.63. The van der Waals surface area contributed by atoms with Crippen molar-refractivity contribution in [2.45, 2.75) is 20.0 Å². The number of fused-ring (bicyclic) bond motifs is 1. The molecule has 0 saturated carbocycles. The number of nitrogens with one attached hydrogen (secondary N) is 1. The molecule has 0 atom stereocenters. The van der Waals surface area contributed by atoms with Crippen molar-refractivity contribution < 1.29 is 9.59 Å². The van der Waals surface area contributed by atoms with E-state index < -0.39 is 0 Å². The van der Waals surface area contributed by atoms with Gasteiger partial charge in [0.05, 0.1) is 22.9 Å². The molecule has 2 rings (SSSR count). The van der Waals surface area contributed by atoms with Crippen molar-refractivity contribution in [1.82, 2.24) is 14.5 Å². The summed E-state index contributed by atoms with van der Waals surface area (Å²) in [6.45, 7) is 5.32. The molecule has 1 aliphatic rings. The molecule has 6 nitrogen and oxygen atoms in total. The molecule has 0 saturated heterocycles. The molecule has 0 unspecified atom stereocenters. The van der Waals surface area contributed by atoms with Crippen molar-refractivity contribution in [1.29, 1.82) is 0 Å². The fourth-order valence-electron chi connectivity index (χ4n) is 2.12. The van der Waals surface area contributed by atoms with Gasteiger partial charge in [-0.25, -0.2) is 4.79 Å². The van der Waals surface area contributed by atoms with Crippen molar-refractivity contribution in [2.75, 3.05) is 0 Å². The molecule has 2 heterocycles. The van der Waals surface area contributed by atoms with E-state index in [2.05, 4.69) is 11.9 Å². The predicted octanol–water partition coefficient (Wildman–Crippen LogP) is -1.93. The summed E-state index contributed by atoms with van der Waals surface area (Å²) in [4.78, 5) is 34.2. The van der Waals surface area contributed by atoms with E-state index in [0.717, 1.165) is 0 Å². The summed E-state index contributed by atoms with van der Waals surface area (Å²) in [5, 5.41) is 3.87. The van der Waals surface area contributed by atoms with Gasteiger partial charge in [0.15, 0.2) is 0 Å². The van der Waals surface area contributed by atoms with Crippen LogP contribution in [-0.2, 0) is 22.7 Å². The Hall–Kier alpha value is -2.37. The van der Waals surface area contributed by atoms with Gasteiger partial charge in [-0.3, -0.25) is 13.9 Å². The monoisotopic (exact) mass is 247 g/mol. The Bertz CT molecular complexity index is 706. The number of rotatable bonds is 3. The van der Waals surface area contributed by atoms with Crippen LogP contribution in [0, 0.1) is 0 Å². The molecule has 1 N–H and O–H groups in total. The van der Waals surface area contributed by atoms with E-state index in [1.807, 2.05) is 0 Å². The highest BCUT2D eigenvalue weighted by molar-refractivity contribution is 5.85.